The predicted molar refractivity (Wildman–Crippen MR) is 55.5 cm³/mol. The van der Waals surface area contributed by atoms with Crippen molar-refractivity contribution in [3.05, 3.63) is 12.2 Å². The van der Waals surface area contributed by atoms with E-state index in [2.05, 4.69) is 9.05 Å². The van der Waals surface area contributed by atoms with Gasteiger partial charge in [-0.1, -0.05) is 19.9 Å². The third-order valence-electron chi connectivity index (χ3n) is 1.57. The van der Waals surface area contributed by atoms with Crippen molar-refractivity contribution in [1.29, 1.82) is 0 Å². The van der Waals surface area contributed by atoms with Crippen molar-refractivity contribution < 1.29 is 18.4 Å². The molecular weight excluding hydrogens is 203 g/mol. The maximum absolute atomic E-state index is 11.5. The fourth-order valence-corrected chi connectivity index (χ4v) is 1.64. The normalized spacial score (nSPS) is 12.6. The third kappa shape index (κ3) is 5.32. The standard InChI is InChI=1S/C9H17O4P/c1-8(2)5-6-9(10)7-14(11,12-3)13-4/h5-6,8H,7H2,1-4H3/b6-5+. The summed E-state index contributed by atoms with van der Waals surface area (Å²) in [6, 6.07) is 0. The van der Waals surface area contributed by atoms with E-state index in [0.717, 1.165) is 0 Å². The van der Waals surface area contributed by atoms with Gasteiger partial charge < -0.3 is 9.05 Å². The summed E-state index contributed by atoms with van der Waals surface area (Å²) in [5, 5.41) is 0. The first kappa shape index (κ1) is 13.6. The summed E-state index contributed by atoms with van der Waals surface area (Å²) in [5.41, 5.74) is 0. The number of ketones is 1. The summed E-state index contributed by atoms with van der Waals surface area (Å²) in [4.78, 5) is 11.3. The van der Waals surface area contributed by atoms with Crippen LogP contribution in [0.2, 0.25) is 0 Å². The van der Waals surface area contributed by atoms with E-state index < -0.39 is 7.60 Å². The van der Waals surface area contributed by atoms with Crippen molar-refractivity contribution in [2.24, 2.45) is 5.92 Å². The van der Waals surface area contributed by atoms with E-state index in [1.54, 1.807) is 6.08 Å². The number of rotatable bonds is 6. The van der Waals surface area contributed by atoms with Crippen LogP contribution in [-0.2, 0) is 18.4 Å². The van der Waals surface area contributed by atoms with Gasteiger partial charge in [0.2, 0.25) is 0 Å². The molecule has 0 saturated heterocycles. The molecule has 4 nitrogen and oxygen atoms in total. The molecule has 0 fully saturated rings. The highest BCUT2D eigenvalue weighted by Crippen LogP contribution is 2.45. The van der Waals surface area contributed by atoms with Crippen LogP contribution in [0.1, 0.15) is 13.8 Å². The van der Waals surface area contributed by atoms with E-state index in [-0.39, 0.29) is 11.9 Å². The fraction of sp³-hybridized carbons (Fsp3) is 0.667. The Labute approximate surface area is 84.8 Å². The Morgan fingerprint density at radius 1 is 1.36 bits per heavy atom. The van der Waals surface area contributed by atoms with Crippen LogP contribution in [0.15, 0.2) is 12.2 Å². The van der Waals surface area contributed by atoms with Crippen LogP contribution in [0.5, 0.6) is 0 Å². The molecule has 0 saturated carbocycles. The molecule has 0 aromatic heterocycles. The SMILES string of the molecule is COP(=O)(CC(=O)/C=C/C(C)C)OC. The van der Waals surface area contributed by atoms with E-state index in [4.69, 9.17) is 0 Å². The van der Waals surface area contributed by atoms with Gasteiger partial charge in [-0.15, -0.1) is 0 Å². The first-order valence-corrected chi connectivity index (χ1v) is 6.08. The van der Waals surface area contributed by atoms with Gasteiger partial charge in [0.05, 0.1) is 0 Å². The zero-order valence-corrected chi connectivity index (χ0v) is 9.91. The molecule has 0 amide bonds. The zero-order valence-electron chi connectivity index (χ0n) is 9.02. The maximum atomic E-state index is 11.5. The molecular formula is C9H17O4P. The number of carbonyl (C=O) groups excluding carboxylic acids is 1. The molecule has 0 atom stereocenters. The molecule has 0 aliphatic heterocycles. The van der Waals surface area contributed by atoms with Crippen LogP contribution in [0, 0.1) is 5.92 Å². The zero-order chi connectivity index (χ0) is 11.2. The molecule has 5 heteroatoms. The van der Waals surface area contributed by atoms with Crippen molar-refractivity contribution in [3.63, 3.8) is 0 Å². The molecule has 82 valence electrons. The lowest BCUT2D eigenvalue weighted by atomic mass is 10.2. The average molecular weight is 220 g/mol. The van der Waals surface area contributed by atoms with Crippen LogP contribution in [0.3, 0.4) is 0 Å². The van der Waals surface area contributed by atoms with E-state index >= 15 is 0 Å². The highest BCUT2D eigenvalue weighted by molar-refractivity contribution is 7.54. The van der Waals surface area contributed by atoms with E-state index in [0.29, 0.717) is 5.92 Å². The highest BCUT2D eigenvalue weighted by atomic mass is 31.2. The summed E-state index contributed by atoms with van der Waals surface area (Å²) in [5.74, 6) is 0.0501. The quantitative estimate of drug-likeness (QED) is 0.509. The fourth-order valence-electron chi connectivity index (χ4n) is 0.747. The van der Waals surface area contributed by atoms with Gasteiger partial charge in [0.1, 0.15) is 6.16 Å². The van der Waals surface area contributed by atoms with Crippen molar-refractivity contribution in [1.82, 2.24) is 0 Å². The van der Waals surface area contributed by atoms with Gasteiger partial charge in [-0.05, 0) is 12.0 Å². The van der Waals surface area contributed by atoms with Crippen molar-refractivity contribution in [3.8, 4) is 0 Å². The number of hydrogen-bond acceptors (Lipinski definition) is 4. The Bertz CT molecular complexity index is 250. The minimum Gasteiger partial charge on any atom is -0.312 e. The first-order valence-electron chi connectivity index (χ1n) is 4.35. The van der Waals surface area contributed by atoms with Gasteiger partial charge in [-0.3, -0.25) is 9.36 Å². The molecule has 0 N–H and O–H groups in total. The van der Waals surface area contributed by atoms with Crippen LogP contribution in [-0.4, -0.2) is 26.2 Å². The minimum atomic E-state index is -3.20. The maximum Gasteiger partial charge on any atom is 0.337 e. The first-order chi connectivity index (χ1) is 6.43. The van der Waals surface area contributed by atoms with Gasteiger partial charge in [-0.25, -0.2) is 0 Å². The Kier molecular flexibility index (Phi) is 5.93. The largest absolute Gasteiger partial charge is 0.337 e. The number of hydrogen-bond donors (Lipinski definition) is 0. The van der Waals surface area contributed by atoms with Crippen LogP contribution in [0.25, 0.3) is 0 Å². The third-order valence-corrected chi connectivity index (χ3v) is 3.38. The second kappa shape index (κ2) is 6.12. The highest BCUT2D eigenvalue weighted by Gasteiger charge is 2.23. The van der Waals surface area contributed by atoms with E-state index in [1.807, 2.05) is 13.8 Å². The second-order valence-electron chi connectivity index (χ2n) is 3.20. The summed E-state index contributed by atoms with van der Waals surface area (Å²) in [6.45, 7) is 3.91. The molecule has 0 heterocycles. The molecule has 0 aliphatic rings. The Morgan fingerprint density at radius 2 is 1.86 bits per heavy atom. The monoisotopic (exact) mass is 220 g/mol. The summed E-state index contributed by atoms with van der Waals surface area (Å²) in [6.07, 6.45) is 2.95. The van der Waals surface area contributed by atoms with Gasteiger partial charge in [0, 0.05) is 14.2 Å². The van der Waals surface area contributed by atoms with Gasteiger partial charge in [-0.2, -0.15) is 0 Å². The van der Waals surface area contributed by atoms with Crippen LogP contribution >= 0.6 is 7.60 Å². The van der Waals surface area contributed by atoms with Crippen LogP contribution in [0.4, 0.5) is 0 Å². The molecule has 0 aromatic carbocycles. The van der Waals surface area contributed by atoms with E-state index in [9.17, 15) is 9.36 Å². The second-order valence-corrected chi connectivity index (χ2v) is 5.47. The van der Waals surface area contributed by atoms with Crippen LogP contribution < -0.4 is 0 Å². The van der Waals surface area contributed by atoms with Gasteiger partial charge in [0.15, 0.2) is 5.78 Å². The summed E-state index contributed by atoms with van der Waals surface area (Å²) >= 11 is 0. The van der Waals surface area contributed by atoms with Gasteiger partial charge in [0.25, 0.3) is 0 Å². The lowest BCUT2D eigenvalue weighted by molar-refractivity contribution is -0.112. The molecule has 0 radical (unpaired) electrons. The lowest BCUT2D eigenvalue weighted by Gasteiger charge is -2.10. The molecule has 0 bridgehead atoms. The predicted octanol–water partition coefficient (Wildman–Crippen LogP) is 2.25. The molecule has 0 spiro atoms. The lowest BCUT2D eigenvalue weighted by Crippen LogP contribution is -2.05. The molecule has 0 aliphatic carbocycles. The Balaban J connectivity index is 4.25. The molecule has 0 aromatic rings. The van der Waals surface area contributed by atoms with Gasteiger partial charge >= 0.3 is 7.60 Å². The Hall–Kier alpha value is -0.440. The van der Waals surface area contributed by atoms with Crippen molar-refractivity contribution in [2.75, 3.05) is 20.4 Å². The smallest absolute Gasteiger partial charge is 0.312 e. The summed E-state index contributed by atoms with van der Waals surface area (Å²) in [7, 11) is -0.663. The average Bonchev–Trinajstić information content (AvgIpc) is 2.14. The number of carbonyl (C=O) groups is 1. The molecule has 14 heavy (non-hydrogen) atoms. The van der Waals surface area contributed by atoms with Crippen molar-refractivity contribution in [2.45, 2.75) is 13.8 Å². The minimum absolute atomic E-state index is 0.205. The van der Waals surface area contributed by atoms with E-state index in [1.165, 1.54) is 20.3 Å². The molecule has 0 rings (SSSR count). The van der Waals surface area contributed by atoms with Crippen molar-refractivity contribution >= 4 is 13.4 Å². The Morgan fingerprint density at radius 3 is 2.21 bits per heavy atom. The number of allylic oxidation sites excluding steroid dienone is 2. The topological polar surface area (TPSA) is 52.6 Å². The molecule has 0 unspecified atom stereocenters. The summed E-state index contributed by atoms with van der Waals surface area (Å²) < 4.78 is 20.8.